The van der Waals surface area contributed by atoms with Gasteiger partial charge in [0.2, 0.25) is 18.3 Å². The molecule has 8 heteroatoms. The number of benzene rings is 3. The molecule has 0 bridgehead atoms. The lowest BCUT2D eigenvalue weighted by Crippen LogP contribution is -1.95. The van der Waals surface area contributed by atoms with Crippen molar-refractivity contribution >= 4 is 0 Å². The summed E-state index contributed by atoms with van der Waals surface area (Å²) >= 11 is 0. The standard InChI is InChI=1S/C10H14O3.C9H10O3.C9H12O2/c1-7-5-8(11-2)10(13-4)9(6-7)12-3;1-6-3-7(10-2)9-8(4-6)11-5-12-9;1-7-6-8(10-2)4-5-9(7)11-3/h5-6H,1-4H3;3-4H,5H2,1-2H3;4-6H,1-3H3. The van der Waals surface area contributed by atoms with Crippen molar-refractivity contribution < 1.29 is 37.9 Å². The molecule has 196 valence electrons. The SMILES string of the molecule is COc1cc(C)cc(OC)c1OC.COc1cc(C)cc2c1OCO2.COc1ccc(OC)c(C)c1. The first-order chi connectivity index (χ1) is 17.3. The van der Waals surface area contributed by atoms with Gasteiger partial charge in [-0.25, -0.2) is 0 Å². The summed E-state index contributed by atoms with van der Waals surface area (Å²) in [6.45, 7) is 6.24. The minimum absolute atomic E-state index is 0.287. The normalized spacial score (nSPS) is 10.7. The van der Waals surface area contributed by atoms with Crippen molar-refractivity contribution in [3.05, 3.63) is 59.2 Å². The number of methoxy groups -OCH3 is 6. The molecule has 1 aliphatic rings. The average molecular weight is 501 g/mol. The molecule has 0 spiro atoms. The van der Waals surface area contributed by atoms with Gasteiger partial charge in [-0.15, -0.1) is 0 Å². The summed E-state index contributed by atoms with van der Waals surface area (Å²) in [6, 6.07) is 13.4. The third-order valence-electron chi connectivity index (χ3n) is 5.21. The fraction of sp³-hybridized carbons (Fsp3) is 0.357. The molecule has 36 heavy (non-hydrogen) atoms. The number of ether oxygens (including phenoxy) is 8. The smallest absolute Gasteiger partial charge is 0.231 e. The van der Waals surface area contributed by atoms with E-state index in [4.69, 9.17) is 37.9 Å². The van der Waals surface area contributed by atoms with Crippen LogP contribution in [0.2, 0.25) is 0 Å². The van der Waals surface area contributed by atoms with Crippen LogP contribution in [0, 0.1) is 20.8 Å². The van der Waals surface area contributed by atoms with Gasteiger partial charge in [-0.1, -0.05) is 0 Å². The van der Waals surface area contributed by atoms with Gasteiger partial charge in [-0.05, 0) is 79.9 Å². The Labute approximate surface area is 213 Å². The monoisotopic (exact) mass is 500 g/mol. The highest BCUT2D eigenvalue weighted by molar-refractivity contribution is 5.55. The van der Waals surface area contributed by atoms with Gasteiger partial charge in [0.1, 0.15) is 11.5 Å². The van der Waals surface area contributed by atoms with E-state index in [1.54, 1.807) is 42.7 Å². The summed E-state index contributed by atoms with van der Waals surface area (Å²) in [5.41, 5.74) is 3.28. The molecule has 0 atom stereocenters. The summed E-state index contributed by atoms with van der Waals surface area (Å²) in [7, 11) is 9.75. The topological polar surface area (TPSA) is 73.8 Å². The predicted octanol–water partition coefficient (Wildman–Crippen LogP) is 5.77. The highest BCUT2D eigenvalue weighted by atomic mass is 16.7. The maximum atomic E-state index is 5.23. The van der Waals surface area contributed by atoms with Gasteiger partial charge in [-0.2, -0.15) is 0 Å². The van der Waals surface area contributed by atoms with Crippen molar-refractivity contribution in [1.29, 1.82) is 0 Å². The molecular formula is C28H36O8. The van der Waals surface area contributed by atoms with Crippen molar-refractivity contribution in [2.24, 2.45) is 0 Å². The molecule has 0 aromatic heterocycles. The summed E-state index contributed by atoms with van der Waals surface area (Å²) in [4.78, 5) is 0. The van der Waals surface area contributed by atoms with Gasteiger partial charge >= 0.3 is 0 Å². The van der Waals surface area contributed by atoms with E-state index in [1.807, 2.05) is 63.2 Å². The van der Waals surface area contributed by atoms with Gasteiger partial charge in [0.25, 0.3) is 0 Å². The molecule has 0 saturated carbocycles. The third-order valence-corrected chi connectivity index (χ3v) is 5.21. The van der Waals surface area contributed by atoms with Crippen LogP contribution in [0.5, 0.6) is 46.0 Å². The van der Waals surface area contributed by atoms with Gasteiger partial charge in [-0.3, -0.25) is 0 Å². The lowest BCUT2D eigenvalue weighted by Gasteiger charge is -2.12. The molecule has 1 heterocycles. The fourth-order valence-electron chi connectivity index (χ4n) is 3.45. The van der Waals surface area contributed by atoms with Crippen molar-refractivity contribution in [3.8, 4) is 46.0 Å². The molecule has 4 rings (SSSR count). The van der Waals surface area contributed by atoms with Crippen molar-refractivity contribution in [2.45, 2.75) is 20.8 Å². The van der Waals surface area contributed by atoms with E-state index in [-0.39, 0.29) is 6.79 Å². The van der Waals surface area contributed by atoms with Crippen molar-refractivity contribution in [1.82, 2.24) is 0 Å². The Morgan fingerprint density at radius 3 is 1.61 bits per heavy atom. The first-order valence-electron chi connectivity index (χ1n) is 11.2. The van der Waals surface area contributed by atoms with Gasteiger partial charge in [0, 0.05) is 0 Å². The van der Waals surface area contributed by atoms with Crippen LogP contribution in [-0.4, -0.2) is 49.5 Å². The molecule has 0 radical (unpaired) electrons. The highest BCUT2D eigenvalue weighted by Gasteiger charge is 2.18. The molecule has 3 aromatic carbocycles. The Morgan fingerprint density at radius 1 is 0.556 bits per heavy atom. The molecule has 8 nitrogen and oxygen atoms in total. The van der Waals surface area contributed by atoms with E-state index in [2.05, 4.69) is 0 Å². The molecule has 0 saturated heterocycles. The van der Waals surface area contributed by atoms with Crippen molar-refractivity contribution in [2.75, 3.05) is 49.5 Å². The first kappa shape index (κ1) is 28.3. The van der Waals surface area contributed by atoms with E-state index < -0.39 is 0 Å². The average Bonchev–Trinajstić information content (AvgIpc) is 3.36. The maximum absolute atomic E-state index is 5.23. The first-order valence-corrected chi connectivity index (χ1v) is 11.2. The van der Waals surface area contributed by atoms with E-state index in [9.17, 15) is 0 Å². The third kappa shape index (κ3) is 7.28. The van der Waals surface area contributed by atoms with Crippen LogP contribution in [0.3, 0.4) is 0 Å². The molecule has 0 amide bonds. The van der Waals surface area contributed by atoms with E-state index in [1.165, 1.54) is 0 Å². The predicted molar refractivity (Wildman–Crippen MR) is 139 cm³/mol. The largest absolute Gasteiger partial charge is 0.497 e. The Bertz CT molecular complexity index is 1100. The van der Waals surface area contributed by atoms with Crippen LogP contribution in [-0.2, 0) is 0 Å². The van der Waals surface area contributed by atoms with Crippen molar-refractivity contribution in [3.63, 3.8) is 0 Å². The highest BCUT2D eigenvalue weighted by Crippen LogP contribution is 2.41. The maximum Gasteiger partial charge on any atom is 0.231 e. The van der Waals surface area contributed by atoms with Crippen LogP contribution in [0.4, 0.5) is 0 Å². The second kappa shape index (κ2) is 13.8. The van der Waals surface area contributed by atoms with E-state index in [0.717, 1.165) is 39.7 Å². The molecule has 0 unspecified atom stereocenters. The molecule has 0 fully saturated rings. The molecule has 0 N–H and O–H groups in total. The van der Waals surface area contributed by atoms with Gasteiger partial charge in [0.15, 0.2) is 23.0 Å². The number of rotatable bonds is 6. The fourth-order valence-corrected chi connectivity index (χ4v) is 3.45. The van der Waals surface area contributed by atoms with Crippen LogP contribution in [0.15, 0.2) is 42.5 Å². The Hall–Kier alpha value is -3.94. The number of fused-ring (bicyclic) bond motifs is 1. The minimum atomic E-state index is 0.287. The summed E-state index contributed by atoms with van der Waals surface area (Å²) in [6.07, 6.45) is 0. The molecule has 1 aliphatic heterocycles. The Morgan fingerprint density at radius 2 is 1.11 bits per heavy atom. The van der Waals surface area contributed by atoms with Crippen LogP contribution >= 0.6 is 0 Å². The van der Waals surface area contributed by atoms with E-state index in [0.29, 0.717) is 23.0 Å². The molecular weight excluding hydrogens is 464 g/mol. The summed E-state index contributed by atoms with van der Waals surface area (Å²) in [5, 5.41) is 0. The molecule has 0 aliphatic carbocycles. The Balaban J connectivity index is 0.000000191. The van der Waals surface area contributed by atoms with Crippen LogP contribution < -0.4 is 37.9 Å². The zero-order valence-corrected chi connectivity index (χ0v) is 22.5. The lowest BCUT2D eigenvalue weighted by atomic mass is 10.2. The number of hydrogen-bond donors (Lipinski definition) is 0. The van der Waals surface area contributed by atoms with Crippen LogP contribution in [0.1, 0.15) is 16.7 Å². The second-order valence-corrected chi connectivity index (χ2v) is 7.74. The zero-order valence-electron chi connectivity index (χ0n) is 22.5. The number of hydrogen-bond acceptors (Lipinski definition) is 8. The summed E-state index contributed by atoms with van der Waals surface area (Å²) < 4.78 is 41.2. The van der Waals surface area contributed by atoms with Crippen LogP contribution in [0.25, 0.3) is 0 Å². The zero-order chi connectivity index (χ0) is 26.7. The van der Waals surface area contributed by atoms with Gasteiger partial charge in [0.05, 0.1) is 42.7 Å². The van der Waals surface area contributed by atoms with Gasteiger partial charge < -0.3 is 37.9 Å². The Kier molecular flexibility index (Phi) is 10.9. The van der Waals surface area contributed by atoms with E-state index >= 15 is 0 Å². The quantitative estimate of drug-likeness (QED) is 0.423. The lowest BCUT2D eigenvalue weighted by molar-refractivity contribution is 0.171. The second-order valence-electron chi connectivity index (χ2n) is 7.74. The molecule has 3 aromatic rings. The summed E-state index contributed by atoms with van der Waals surface area (Å²) in [5.74, 6) is 6.00. The minimum Gasteiger partial charge on any atom is -0.497 e. The number of aryl methyl sites for hydroxylation is 3.